The van der Waals surface area contributed by atoms with Crippen LogP contribution in [0.3, 0.4) is 0 Å². The Labute approximate surface area is 242 Å². The van der Waals surface area contributed by atoms with Crippen LogP contribution in [0.15, 0.2) is 54.7 Å². The molecule has 3 unspecified atom stereocenters. The molecule has 3 amide bonds. The lowest BCUT2D eigenvalue weighted by atomic mass is 9.87. The van der Waals surface area contributed by atoms with Crippen LogP contribution in [0.4, 0.5) is 29.2 Å². The van der Waals surface area contributed by atoms with E-state index in [0.29, 0.717) is 11.6 Å². The van der Waals surface area contributed by atoms with Crippen LogP contribution in [-0.2, 0) is 14.4 Å². The predicted molar refractivity (Wildman–Crippen MR) is 143 cm³/mol. The maximum absolute atomic E-state index is 14.6. The highest BCUT2D eigenvalue weighted by atomic mass is 19.3. The van der Waals surface area contributed by atoms with Gasteiger partial charge >= 0.3 is 0 Å². The number of aromatic nitrogens is 2. The Kier molecular flexibility index (Phi) is 7.85. The average molecular weight is 597 g/mol. The summed E-state index contributed by atoms with van der Waals surface area (Å²) in [5, 5.41) is 22.3. The number of carbonyl (C=O) groups is 3. The highest BCUT2D eigenvalue weighted by molar-refractivity contribution is 6.11. The molecule has 1 saturated heterocycles. The molecule has 2 fully saturated rings. The molecule has 2 aromatic carbocycles. The van der Waals surface area contributed by atoms with Gasteiger partial charge in [-0.05, 0) is 36.2 Å². The summed E-state index contributed by atoms with van der Waals surface area (Å²) in [6, 6.07) is 7.38. The Morgan fingerprint density at radius 1 is 1.16 bits per heavy atom. The van der Waals surface area contributed by atoms with Gasteiger partial charge in [0.15, 0.2) is 0 Å². The molecule has 3 aromatic rings. The van der Waals surface area contributed by atoms with E-state index < -0.39 is 90.4 Å². The number of nitrogens with zero attached hydrogens (tertiary/aromatic N) is 5. The van der Waals surface area contributed by atoms with Crippen LogP contribution in [0.2, 0.25) is 0 Å². The largest absolute Gasteiger partial charge is 0.383 e. The summed E-state index contributed by atoms with van der Waals surface area (Å²) in [6.45, 7) is 1.62. The summed E-state index contributed by atoms with van der Waals surface area (Å²) < 4.78 is 56.4. The number of aryl methyl sites for hydroxylation is 1. The van der Waals surface area contributed by atoms with Gasteiger partial charge in [0.05, 0.1) is 5.69 Å². The van der Waals surface area contributed by atoms with Gasteiger partial charge in [0.2, 0.25) is 11.9 Å². The molecule has 0 bridgehead atoms. The lowest BCUT2D eigenvalue weighted by Gasteiger charge is -2.39. The zero-order chi connectivity index (χ0) is 31.1. The third kappa shape index (κ3) is 5.89. The smallest absolute Gasteiger partial charge is 0.259 e. The predicted octanol–water partition coefficient (Wildman–Crippen LogP) is 3.09. The van der Waals surface area contributed by atoms with Crippen LogP contribution in [0, 0.1) is 29.9 Å². The van der Waals surface area contributed by atoms with E-state index in [1.54, 1.807) is 31.2 Å². The van der Waals surface area contributed by atoms with Crippen molar-refractivity contribution < 1.29 is 37.1 Å². The summed E-state index contributed by atoms with van der Waals surface area (Å²) in [6.07, 6.45) is -2.32. The molecule has 5 rings (SSSR count). The molecule has 14 heteroatoms. The molecule has 2 heterocycles. The third-order valence-electron chi connectivity index (χ3n) is 7.33. The standard InChI is InChI=1S/C29H24F4N6O4/c1-15-4-2-3-5-21(15)24(25(41)36-19-12-29(32,33)13-19)38(20-9-16(30)8-17(31)10-20)26(42)22-11-23(40)27(43)39(22)28-35-7-6-18(14-34)37-28/h2-10,19,22-24,40H,11-13H2,1H3,(H,36,41). The Balaban J connectivity index is 1.65. The van der Waals surface area contributed by atoms with Crippen molar-refractivity contribution in [3.63, 3.8) is 0 Å². The number of halogens is 4. The Morgan fingerprint density at radius 2 is 1.84 bits per heavy atom. The van der Waals surface area contributed by atoms with E-state index in [1.165, 1.54) is 12.1 Å². The van der Waals surface area contributed by atoms with E-state index in [1.807, 2.05) is 0 Å². The number of aliphatic hydroxyl groups is 1. The second-order valence-corrected chi connectivity index (χ2v) is 10.4. The van der Waals surface area contributed by atoms with Gasteiger partial charge < -0.3 is 10.4 Å². The van der Waals surface area contributed by atoms with Gasteiger partial charge in [0.25, 0.3) is 17.7 Å². The molecule has 3 atom stereocenters. The van der Waals surface area contributed by atoms with Gasteiger partial charge in [-0.25, -0.2) is 27.5 Å². The van der Waals surface area contributed by atoms with E-state index >= 15 is 0 Å². The summed E-state index contributed by atoms with van der Waals surface area (Å²) in [5.74, 6) is -8.48. The van der Waals surface area contributed by atoms with Gasteiger partial charge in [-0.15, -0.1) is 0 Å². The molecule has 10 nitrogen and oxygen atoms in total. The number of rotatable bonds is 7. The van der Waals surface area contributed by atoms with Crippen molar-refractivity contribution in [2.75, 3.05) is 9.80 Å². The third-order valence-corrected chi connectivity index (χ3v) is 7.33. The molecular formula is C29H24F4N6O4. The minimum absolute atomic E-state index is 0.149. The number of carbonyl (C=O) groups excluding carboxylic acids is 3. The van der Waals surface area contributed by atoms with Crippen LogP contribution in [0.1, 0.15) is 42.1 Å². The first-order valence-electron chi connectivity index (χ1n) is 13.2. The summed E-state index contributed by atoms with van der Waals surface area (Å²) in [4.78, 5) is 50.8. The number of hydrogen-bond donors (Lipinski definition) is 2. The number of nitriles is 1. The number of aliphatic hydroxyl groups excluding tert-OH is 1. The Morgan fingerprint density at radius 3 is 2.47 bits per heavy atom. The molecule has 2 N–H and O–H groups in total. The molecule has 1 aliphatic carbocycles. The van der Waals surface area contributed by atoms with Crippen LogP contribution in [-0.4, -0.2) is 56.9 Å². The van der Waals surface area contributed by atoms with Crippen molar-refractivity contribution in [2.45, 2.75) is 56.3 Å². The highest BCUT2D eigenvalue weighted by Gasteiger charge is 2.50. The fourth-order valence-electron chi connectivity index (χ4n) is 5.28. The van der Waals surface area contributed by atoms with Gasteiger partial charge in [-0.1, -0.05) is 24.3 Å². The first-order valence-corrected chi connectivity index (χ1v) is 13.2. The number of hydrogen-bond acceptors (Lipinski definition) is 7. The summed E-state index contributed by atoms with van der Waals surface area (Å²) in [5.41, 5.74) is 0.137. The van der Waals surface area contributed by atoms with Crippen LogP contribution in [0.5, 0.6) is 0 Å². The fraction of sp³-hybridized carbons (Fsp3) is 0.310. The summed E-state index contributed by atoms with van der Waals surface area (Å²) >= 11 is 0. The first-order chi connectivity index (χ1) is 20.4. The molecule has 1 saturated carbocycles. The van der Waals surface area contributed by atoms with Crippen LogP contribution >= 0.6 is 0 Å². The molecule has 2 aliphatic rings. The zero-order valence-electron chi connectivity index (χ0n) is 22.5. The fourth-order valence-corrected chi connectivity index (χ4v) is 5.28. The normalized spacial score (nSPS) is 20.2. The quantitative estimate of drug-likeness (QED) is 0.400. The molecule has 1 aliphatic heterocycles. The number of anilines is 2. The zero-order valence-corrected chi connectivity index (χ0v) is 22.5. The lowest BCUT2D eigenvalue weighted by Crippen LogP contribution is -2.56. The minimum atomic E-state index is -2.98. The SMILES string of the molecule is Cc1ccccc1C(C(=O)NC1CC(F)(F)C1)N(C(=O)C1CC(O)C(=O)N1c1nccc(C#N)n1)c1cc(F)cc(F)c1. The van der Waals surface area contributed by atoms with Crippen molar-refractivity contribution >= 4 is 29.4 Å². The molecule has 1 aromatic heterocycles. The molecule has 43 heavy (non-hydrogen) atoms. The molecule has 0 spiro atoms. The maximum Gasteiger partial charge on any atom is 0.259 e. The number of alkyl halides is 2. The van der Waals surface area contributed by atoms with Crippen molar-refractivity contribution in [1.82, 2.24) is 15.3 Å². The van der Waals surface area contributed by atoms with E-state index in [0.717, 1.165) is 28.1 Å². The van der Waals surface area contributed by atoms with Crippen LogP contribution in [0.25, 0.3) is 0 Å². The number of nitrogens with one attached hydrogen (secondary N) is 1. The van der Waals surface area contributed by atoms with E-state index in [-0.39, 0.29) is 11.3 Å². The topological polar surface area (TPSA) is 140 Å². The van der Waals surface area contributed by atoms with E-state index in [9.17, 15) is 42.3 Å². The number of amides is 3. The molecular weight excluding hydrogens is 572 g/mol. The maximum atomic E-state index is 14.6. The van der Waals surface area contributed by atoms with E-state index in [2.05, 4.69) is 15.3 Å². The van der Waals surface area contributed by atoms with Crippen molar-refractivity contribution in [1.29, 1.82) is 5.26 Å². The lowest BCUT2D eigenvalue weighted by molar-refractivity contribution is -0.133. The monoisotopic (exact) mass is 596 g/mol. The van der Waals surface area contributed by atoms with Crippen molar-refractivity contribution in [2.24, 2.45) is 0 Å². The van der Waals surface area contributed by atoms with Gasteiger partial charge in [0, 0.05) is 37.6 Å². The second kappa shape index (κ2) is 11.4. The average Bonchev–Trinajstić information content (AvgIpc) is 3.24. The van der Waals surface area contributed by atoms with Crippen molar-refractivity contribution in [3.05, 3.63) is 83.2 Å². The number of benzene rings is 2. The highest BCUT2D eigenvalue weighted by Crippen LogP contribution is 2.39. The second-order valence-electron chi connectivity index (χ2n) is 10.4. The Bertz CT molecular complexity index is 1620. The van der Waals surface area contributed by atoms with Gasteiger partial charge in [0.1, 0.15) is 41.6 Å². The van der Waals surface area contributed by atoms with Crippen molar-refractivity contribution in [3.8, 4) is 6.07 Å². The van der Waals surface area contributed by atoms with Gasteiger partial charge in [-0.3, -0.25) is 24.2 Å². The molecule has 222 valence electrons. The Hall–Kier alpha value is -4.90. The van der Waals surface area contributed by atoms with Crippen LogP contribution < -0.4 is 15.1 Å². The first kappa shape index (κ1) is 29.6. The minimum Gasteiger partial charge on any atom is -0.383 e. The molecule has 0 radical (unpaired) electrons. The van der Waals surface area contributed by atoms with E-state index in [4.69, 9.17) is 0 Å². The summed E-state index contributed by atoms with van der Waals surface area (Å²) in [7, 11) is 0. The van der Waals surface area contributed by atoms with Gasteiger partial charge in [-0.2, -0.15) is 5.26 Å².